The minimum Gasteiger partial charge on any atom is -0.370 e. The molecule has 1 aromatic rings. The lowest BCUT2D eigenvalue weighted by Crippen LogP contribution is -2.31. The fourth-order valence-corrected chi connectivity index (χ4v) is 2.10. The Balaban J connectivity index is 2.22. The van der Waals surface area contributed by atoms with E-state index >= 15 is 0 Å². The van der Waals surface area contributed by atoms with Crippen LogP contribution in [0.5, 0.6) is 0 Å². The molecule has 1 aliphatic heterocycles. The van der Waals surface area contributed by atoms with Gasteiger partial charge in [-0.2, -0.15) is 0 Å². The first-order chi connectivity index (χ1) is 9.51. The van der Waals surface area contributed by atoms with Crippen molar-refractivity contribution in [2.75, 3.05) is 30.8 Å². The maximum absolute atomic E-state index is 11.8. The van der Waals surface area contributed by atoms with E-state index in [2.05, 4.69) is 15.6 Å². The van der Waals surface area contributed by atoms with Gasteiger partial charge in [-0.05, 0) is 13.3 Å². The maximum Gasteiger partial charge on any atom is 0.276 e. The summed E-state index contributed by atoms with van der Waals surface area (Å²) in [5.74, 6) is 0.732. The molecule has 1 atom stereocenters. The van der Waals surface area contributed by atoms with Gasteiger partial charge in [-0.3, -0.25) is 14.9 Å². The highest BCUT2D eigenvalue weighted by Gasteiger charge is 2.29. The van der Waals surface area contributed by atoms with Crippen molar-refractivity contribution in [2.45, 2.75) is 19.4 Å². The standard InChI is InChI=1S/C12H17N5O3/c1-3-13-10-6-8(17(19)20)7-11(15-10)14-9-4-5-16(2)12(9)18/h6-7,9H,3-5H2,1-2H3,(H2,13,14,15). The zero-order chi connectivity index (χ0) is 14.7. The number of pyridine rings is 1. The Kier molecular flexibility index (Phi) is 4.02. The number of amides is 1. The van der Waals surface area contributed by atoms with Gasteiger partial charge in [-0.15, -0.1) is 0 Å². The van der Waals surface area contributed by atoms with Gasteiger partial charge in [0.05, 0.1) is 17.1 Å². The van der Waals surface area contributed by atoms with Crippen molar-refractivity contribution >= 4 is 23.2 Å². The van der Waals surface area contributed by atoms with Gasteiger partial charge < -0.3 is 15.5 Å². The summed E-state index contributed by atoms with van der Waals surface area (Å²) in [4.78, 5) is 28.1. The van der Waals surface area contributed by atoms with Crippen molar-refractivity contribution in [1.29, 1.82) is 0 Å². The Hall–Kier alpha value is -2.38. The molecule has 0 aromatic carbocycles. The lowest BCUT2D eigenvalue weighted by atomic mass is 10.2. The molecule has 1 unspecified atom stereocenters. The molecule has 0 saturated carbocycles. The molecule has 1 fully saturated rings. The predicted octanol–water partition coefficient (Wildman–Crippen LogP) is 1.06. The van der Waals surface area contributed by atoms with Crippen LogP contribution in [0.25, 0.3) is 0 Å². The maximum atomic E-state index is 11.8. The van der Waals surface area contributed by atoms with Crippen molar-refractivity contribution in [3.05, 3.63) is 22.2 Å². The highest BCUT2D eigenvalue weighted by Crippen LogP contribution is 2.22. The summed E-state index contributed by atoms with van der Waals surface area (Å²) in [7, 11) is 1.73. The van der Waals surface area contributed by atoms with Gasteiger partial charge in [0.15, 0.2) is 0 Å². The van der Waals surface area contributed by atoms with Gasteiger partial charge in [0.25, 0.3) is 5.69 Å². The normalized spacial score (nSPS) is 18.2. The molecule has 108 valence electrons. The third-order valence-electron chi connectivity index (χ3n) is 3.13. The van der Waals surface area contributed by atoms with Crippen LogP contribution in [0.15, 0.2) is 12.1 Å². The van der Waals surface area contributed by atoms with Crippen LogP contribution in [0.1, 0.15) is 13.3 Å². The fourth-order valence-electron chi connectivity index (χ4n) is 2.10. The second kappa shape index (κ2) is 5.72. The lowest BCUT2D eigenvalue weighted by Gasteiger charge is -2.13. The van der Waals surface area contributed by atoms with Crippen LogP contribution in [0.4, 0.5) is 17.3 Å². The first kappa shape index (κ1) is 14.0. The molecule has 0 bridgehead atoms. The third kappa shape index (κ3) is 2.95. The van der Waals surface area contributed by atoms with Gasteiger partial charge >= 0.3 is 0 Å². The molecule has 8 heteroatoms. The fraction of sp³-hybridized carbons (Fsp3) is 0.500. The number of aromatic nitrogens is 1. The topological polar surface area (TPSA) is 100 Å². The van der Waals surface area contributed by atoms with Crippen LogP contribution in [-0.4, -0.2) is 46.9 Å². The van der Waals surface area contributed by atoms with Crippen molar-refractivity contribution in [3.8, 4) is 0 Å². The highest BCUT2D eigenvalue weighted by atomic mass is 16.6. The Bertz CT molecular complexity index is 534. The average molecular weight is 279 g/mol. The zero-order valence-corrected chi connectivity index (χ0v) is 11.4. The second-order valence-electron chi connectivity index (χ2n) is 4.63. The first-order valence-corrected chi connectivity index (χ1v) is 6.43. The number of rotatable bonds is 5. The highest BCUT2D eigenvalue weighted by molar-refractivity contribution is 5.86. The number of anilines is 2. The van der Waals surface area contributed by atoms with E-state index < -0.39 is 4.92 Å². The first-order valence-electron chi connectivity index (χ1n) is 6.43. The summed E-state index contributed by atoms with van der Waals surface area (Å²) in [5.41, 5.74) is -0.0581. The summed E-state index contributed by atoms with van der Waals surface area (Å²) in [6, 6.07) is 2.34. The number of hydrogen-bond acceptors (Lipinski definition) is 6. The summed E-state index contributed by atoms with van der Waals surface area (Å²) < 4.78 is 0. The molecule has 2 rings (SSSR count). The number of carbonyl (C=O) groups is 1. The smallest absolute Gasteiger partial charge is 0.276 e. The molecular formula is C12H17N5O3. The van der Waals surface area contributed by atoms with Crippen molar-refractivity contribution in [1.82, 2.24) is 9.88 Å². The van der Waals surface area contributed by atoms with E-state index in [1.165, 1.54) is 12.1 Å². The van der Waals surface area contributed by atoms with Crippen molar-refractivity contribution < 1.29 is 9.72 Å². The molecular weight excluding hydrogens is 262 g/mol. The van der Waals surface area contributed by atoms with Crippen LogP contribution in [0.3, 0.4) is 0 Å². The number of nitrogens with zero attached hydrogens (tertiary/aromatic N) is 3. The molecule has 0 spiro atoms. The van der Waals surface area contributed by atoms with E-state index in [4.69, 9.17) is 0 Å². The number of likely N-dealkylation sites (N-methyl/N-ethyl adjacent to an activating group) is 1. The molecule has 1 aromatic heterocycles. The minimum absolute atomic E-state index is 0.0247. The van der Waals surface area contributed by atoms with E-state index in [1.807, 2.05) is 6.92 Å². The monoisotopic (exact) mass is 279 g/mol. The van der Waals surface area contributed by atoms with Gasteiger partial charge in [-0.1, -0.05) is 0 Å². The summed E-state index contributed by atoms with van der Waals surface area (Å²) in [6.45, 7) is 3.16. The molecule has 1 amide bonds. The molecule has 20 heavy (non-hydrogen) atoms. The number of nitrogens with one attached hydrogen (secondary N) is 2. The molecule has 2 N–H and O–H groups in total. The van der Waals surface area contributed by atoms with E-state index in [0.29, 0.717) is 31.1 Å². The van der Waals surface area contributed by atoms with E-state index in [1.54, 1.807) is 11.9 Å². The van der Waals surface area contributed by atoms with Gasteiger partial charge in [0, 0.05) is 20.1 Å². The molecule has 8 nitrogen and oxygen atoms in total. The molecule has 1 aliphatic rings. The van der Waals surface area contributed by atoms with Crippen molar-refractivity contribution in [3.63, 3.8) is 0 Å². The Morgan fingerprint density at radius 2 is 2.20 bits per heavy atom. The van der Waals surface area contributed by atoms with Gasteiger partial charge in [0.1, 0.15) is 17.7 Å². The largest absolute Gasteiger partial charge is 0.370 e. The Morgan fingerprint density at radius 3 is 2.75 bits per heavy atom. The summed E-state index contributed by atoms with van der Waals surface area (Å²) >= 11 is 0. The van der Waals surface area contributed by atoms with Crippen LogP contribution in [-0.2, 0) is 4.79 Å². The Labute approximate surface area is 116 Å². The lowest BCUT2D eigenvalue weighted by molar-refractivity contribution is -0.384. The second-order valence-corrected chi connectivity index (χ2v) is 4.63. The summed E-state index contributed by atoms with van der Waals surface area (Å²) in [6.07, 6.45) is 0.663. The minimum atomic E-state index is -0.476. The molecule has 1 saturated heterocycles. The number of carbonyl (C=O) groups excluding carboxylic acids is 1. The van der Waals surface area contributed by atoms with E-state index in [-0.39, 0.29) is 17.6 Å². The zero-order valence-electron chi connectivity index (χ0n) is 11.4. The quantitative estimate of drug-likeness (QED) is 0.617. The van der Waals surface area contributed by atoms with E-state index in [0.717, 1.165) is 0 Å². The number of likely N-dealkylation sites (tertiary alicyclic amines) is 1. The number of nitro groups is 1. The SMILES string of the molecule is CCNc1cc([N+](=O)[O-])cc(NC2CCN(C)C2=O)n1. The molecule has 2 heterocycles. The van der Waals surface area contributed by atoms with Gasteiger partial charge in [0.2, 0.25) is 5.91 Å². The van der Waals surface area contributed by atoms with Crippen LogP contribution in [0.2, 0.25) is 0 Å². The van der Waals surface area contributed by atoms with Crippen molar-refractivity contribution in [2.24, 2.45) is 0 Å². The Morgan fingerprint density at radius 1 is 1.50 bits per heavy atom. The van der Waals surface area contributed by atoms with Crippen LogP contribution < -0.4 is 10.6 Å². The van der Waals surface area contributed by atoms with Crippen LogP contribution >= 0.6 is 0 Å². The third-order valence-corrected chi connectivity index (χ3v) is 3.13. The van der Waals surface area contributed by atoms with E-state index in [9.17, 15) is 14.9 Å². The molecule has 0 radical (unpaired) electrons. The summed E-state index contributed by atoms with van der Waals surface area (Å²) in [5, 5.41) is 16.8. The predicted molar refractivity (Wildman–Crippen MR) is 74.7 cm³/mol. The average Bonchev–Trinajstić information content (AvgIpc) is 2.71. The van der Waals surface area contributed by atoms with Gasteiger partial charge in [-0.25, -0.2) is 4.98 Å². The van der Waals surface area contributed by atoms with Crippen LogP contribution in [0, 0.1) is 10.1 Å². The molecule has 0 aliphatic carbocycles. The number of hydrogen-bond donors (Lipinski definition) is 2.